The Kier molecular flexibility index (Phi) is 9.13. The van der Waals surface area contributed by atoms with E-state index in [1.165, 1.54) is 19.2 Å². The highest BCUT2D eigenvalue weighted by Crippen LogP contribution is 2.30. The van der Waals surface area contributed by atoms with E-state index in [-0.39, 0.29) is 17.3 Å². The van der Waals surface area contributed by atoms with E-state index in [4.69, 9.17) is 9.47 Å². The molecule has 0 aliphatic carbocycles. The first-order valence-corrected chi connectivity index (χ1v) is 11.8. The van der Waals surface area contributed by atoms with Gasteiger partial charge in [-0.05, 0) is 66.5 Å². The summed E-state index contributed by atoms with van der Waals surface area (Å²) in [7, 11) is -2.48. The van der Waals surface area contributed by atoms with Gasteiger partial charge in [0, 0.05) is 19.8 Å². The Morgan fingerprint density at radius 2 is 1.87 bits per heavy atom. The predicted molar refractivity (Wildman–Crippen MR) is 121 cm³/mol. The summed E-state index contributed by atoms with van der Waals surface area (Å²) >= 11 is 3.32. The number of amides is 1. The van der Waals surface area contributed by atoms with Crippen molar-refractivity contribution in [3.63, 3.8) is 0 Å². The molecule has 2 aromatic carbocycles. The Morgan fingerprint density at radius 3 is 2.47 bits per heavy atom. The Hall–Kier alpha value is -2.10. The van der Waals surface area contributed by atoms with Crippen LogP contribution in [0, 0.1) is 6.92 Å². The lowest BCUT2D eigenvalue weighted by molar-refractivity contribution is -0.119. The van der Waals surface area contributed by atoms with Crippen molar-refractivity contribution >= 4 is 37.5 Å². The minimum absolute atomic E-state index is 0.0555. The van der Waals surface area contributed by atoms with Gasteiger partial charge in [-0.1, -0.05) is 17.7 Å². The molecular weight excluding hydrogens is 472 g/mol. The van der Waals surface area contributed by atoms with Gasteiger partial charge in [-0.25, -0.2) is 8.42 Å². The van der Waals surface area contributed by atoms with Gasteiger partial charge in [-0.15, -0.1) is 0 Å². The third-order valence-electron chi connectivity index (χ3n) is 4.31. The number of nitrogens with zero attached hydrogens (tertiary/aromatic N) is 1. The van der Waals surface area contributed by atoms with Crippen LogP contribution in [-0.2, 0) is 19.6 Å². The molecule has 0 fully saturated rings. The molecule has 0 saturated carbocycles. The quantitative estimate of drug-likeness (QED) is 0.479. The Bertz CT molecular complexity index is 948. The number of rotatable bonds is 11. The molecule has 0 saturated heterocycles. The molecule has 0 aromatic heterocycles. The van der Waals surface area contributed by atoms with Crippen LogP contribution in [0.25, 0.3) is 0 Å². The van der Waals surface area contributed by atoms with Crippen molar-refractivity contribution in [3.8, 4) is 5.75 Å². The highest BCUT2D eigenvalue weighted by atomic mass is 79.9. The summed E-state index contributed by atoms with van der Waals surface area (Å²) in [6, 6.07) is 11.5. The Morgan fingerprint density at radius 1 is 1.17 bits per heavy atom. The van der Waals surface area contributed by atoms with Crippen LogP contribution < -0.4 is 14.4 Å². The molecule has 1 amide bonds. The summed E-state index contributed by atoms with van der Waals surface area (Å²) in [5.74, 6) is 0.131. The molecule has 0 unspecified atom stereocenters. The molecule has 1 N–H and O–H groups in total. The number of carbonyl (C=O) groups is 1. The Balaban J connectivity index is 2.28. The summed E-state index contributed by atoms with van der Waals surface area (Å²) in [5, 5.41) is 2.75. The smallest absolute Gasteiger partial charge is 0.264 e. The fourth-order valence-electron chi connectivity index (χ4n) is 2.69. The highest BCUT2D eigenvalue weighted by molar-refractivity contribution is 9.10. The van der Waals surface area contributed by atoms with Crippen molar-refractivity contribution in [2.75, 3.05) is 37.7 Å². The number of halogens is 1. The zero-order valence-electron chi connectivity index (χ0n) is 17.4. The van der Waals surface area contributed by atoms with Gasteiger partial charge in [0.25, 0.3) is 10.0 Å². The summed E-state index contributed by atoms with van der Waals surface area (Å²) in [5.41, 5.74) is 1.40. The number of aryl methyl sites for hydroxylation is 1. The minimum atomic E-state index is -3.99. The number of methoxy groups -OCH3 is 1. The summed E-state index contributed by atoms with van der Waals surface area (Å²) in [4.78, 5) is 12.5. The van der Waals surface area contributed by atoms with Crippen molar-refractivity contribution < 1.29 is 22.7 Å². The van der Waals surface area contributed by atoms with Crippen LogP contribution in [-0.4, -0.2) is 47.7 Å². The number of anilines is 1. The number of nitrogens with one attached hydrogen (secondary N) is 1. The van der Waals surface area contributed by atoms with Crippen LogP contribution in [0.2, 0.25) is 0 Å². The first-order valence-electron chi connectivity index (χ1n) is 9.57. The number of hydrogen-bond donors (Lipinski definition) is 1. The third-order valence-corrected chi connectivity index (χ3v) is 6.70. The second-order valence-corrected chi connectivity index (χ2v) is 9.26. The van der Waals surface area contributed by atoms with Gasteiger partial charge in [0.2, 0.25) is 5.91 Å². The van der Waals surface area contributed by atoms with E-state index in [9.17, 15) is 13.2 Å². The lowest BCUT2D eigenvalue weighted by atomic mass is 10.2. The van der Waals surface area contributed by atoms with Crippen LogP contribution in [0.5, 0.6) is 5.75 Å². The highest BCUT2D eigenvalue weighted by Gasteiger charge is 2.27. The van der Waals surface area contributed by atoms with E-state index >= 15 is 0 Å². The van der Waals surface area contributed by atoms with Crippen LogP contribution >= 0.6 is 15.9 Å². The van der Waals surface area contributed by atoms with E-state index in [1.807, 2.05) is 26.0 Å². The number of carbonyl (C=O) groups excluding carboxylic acids is 1. The standard InChI is InChI=1S/C21H27BrN2O5S/c1-4-29-13-5-12-23-21(25)15-24(17-8-6-16(2)7-9-17)30(26,27)18-10-11-20(28-3)19(22)14-18/h6-11,14H,4-5,12-13,15H2,1-3H3,(H,23,25). The lowest BCUT2D eigenvalue weighted by Crippen LogP contribution is -2.41. The van der Waals surface area contributed by atoms with E-state index in [2.05, 4.69) is 21.2 Å². The molecule has 9 heteroatoms. The van der Waals surface area contributed by atoms with Gasteiger partial charge in [-0.2, -0.15) is 0 Å². The molecule has 0 radical (unpaired) electrons. The molecule has 2 aromatic rings. The van der Waals surface area contributed by atoms with Crippen molar-refractivity contribution in [2.45, 2.75) is 25.2 Å². The van der Waals surface area contributed by atoms with Crippen molar-refractivity contribution in [3.05, 3.63) is 52.5 Å². The van der Waals surface area contributed by atoms with E-state index in [0.717, 1.165) is 9.87 Å². The van der Waals surface area contributed by atoms with Crippen LogP contribution in [0.3, 0.4) is 0 Å². The van der Waals surface area contributed by atoms with Crippen molar-refractivity contribution in [1.29, 1.82) is 0 Å². The second-order valence-electron chi connectivity index (χ2n) is 6.54. The fraction of sp³-hybridized carbons (Fsp3) is 0.381. The van der Waals surface area contributed by atoms with Gasteiger partial charge in [0.15, 0.2) is 0 Å². The summed E-state index contributed by atoms with van der Waals surface area (Å²) in [6.07, 6.45) is 0.655. The molecule has 0 bridgehead atoms. The van der Waals surface area contributed by atoms with E-state index in [1.54, 1.807) is 18.2 Å². The zero-order chi connectivity index (χ0) is 22.1. The van der Waals surface area contributed by atoms with Crippen LogP contribution in [0.4, 0.5) is 5.69 Å². The molecule has 0 aliphatic rings. The molecule has 2 rings (SSSR count). The molecular formula is C21H27BrN2O5S. The molecule has 0 aliphatic heterocycles. The van der Waals surface area contributed by atoms with Gasteiger partial charge < -0.3 is 14.8 Å². The summed E-state index contributed by atoms with van der Waals surface area (Å²) < 4.78 is 38.8. The molecule has 0 heterocycles. The maximum Gasteiger partial charge on any atom is 0.264 e. The Labute approximate surface area is 186 Å². The maximum atomic E-state index is 13.4. The number of hydrogen-bond acceptors (Lipinski definition) is 5. The number of sulfonamides is 1. The molecule has 7 nitrogen and oxygen atoms in total. The first kappa shape index (κ1) is 24.2. The fourth-order valence-corrected chi connectivity index (χ4v) is 4.83. The van der Waals surface area contributed by atoms with Crippen LogP contribution in [0.1, 0.15) is 18.9 Å². The SMILES string of the molecule is CCOCCCNC(=O)CN(c1ccc(C)cc1)S(=O)(=O)c1ccc(OC)c(Br)c1. The maximum absolute atomic E-state index is 13.4. The molecule has 164 valence electrons. The van der Waals surface area contributed by atoms with Crippen LogP contribution in [0.15, 0.2) is 51.8 Å². The van der Waals surface area contributed by atoms with Gasteiger partial charge in [-0.3, -0.25) is 9.10 Å². The lowest BCUT2D eigenvalue weighted by Gasteiger charge is -2.24. The normalized spacial score (nSPS) is 11.2. The number of benzene rings is 2. The van der Waals surface area contributed by atoms with E-state index < -0.39 is 10.0 Å². The monoisotopic (exact) mass is 498 g/mol. The predicted octanol–water partition coefficient (Wildman–Crippen LogP) is 3.50. The third kappa shape index (κ3) is 6.45. The van der Waals surface area contributed by atoms with Gasteiger partial charge in [0.05, 0.1) is 22.2 Å². The topological polar surface area (TPSA) is 84.9 Å². The molecule has 30 heavy (non-hydrogen) atoms. The average Bonchev–Trinajstić information content (AvgIpc) is 2.72. The molecule has 0 spiro atoms. The average molecular weight is 499 g/mol. The molecule has 0 atom stereocenters. The van der Waals surface area contributed by atoms with Gasteiger partial charge in [0.1, 0.15) is 12.3 Å². The first-order chi connectivity index (χ1) is 14.3. The van der Waals surface area contributed by atoms with Crippen molar-refractivity contribution in [2.24, 2.45) is 0 Å². The largest absolute Gasteiger partial charge is 0.496 e. The van der Waals surface area contributed by atoms with E-state index in [0.29, 0.717) is 42.1 Å². The van der Waals surface area contributed by atoms with Crippen molar-refractivity contribution in [1.82, 2.24) is 5.32 Å². The minimum Gasteiger partial charge on any atom is -0.496 e. The zero-order valence-corrected chi connectivity index (χ0v) is 19.8. The number of ether oxygens (including phenoxy) is 2. The summed E-state index contributed by atoms with van der Waals surface area (Å²) in [6.45, 7) is 5.05. The van der Waals surface area contributed by atoms with Gasteiger partial charge >= 0.3 is 0 Å². The second kappa shape index (κ2) is 11.3.